The first-order valence-electron chi connectivity index (χ1n) is 5.82. The smallest absolute Gasteiger partial charge is 0.178 e. The first-order valence-corrected chi connectivity index (χ1v) is 7.11. The van der Waals surface area contributed by atoms with Crippen molar-refractivity contribution in [2.24, 2.45) is 0 Å². The normalized spacial score (nSPS) is 11.2. The van der Waals surface area contributed by atoms with Gasteiger partial charge in [-0.05, 0) is 31.3 Å². The molecule has 0 saturated carbocycles. The van der Waals surface area contributed by atoms with E-state index >= 15 is 0 Å². The number of nitrogens with zero attached hydrogens (tertiary/aromatic N) is 2. The van der Waals surface area contributed by atoms with Crippen molar-refractivity contribution in [1.29, 1.82) is 0 Å². The van der Waals surface area contributed by atoms with Gasteiger partial charge in [0.05, 0.1) is 21.7 Å². The minimum Gasteiger partial charge on any atom is -0.331 e. The molecule has 3 rings (SSSR count). The Morgan fingerprint density at radius 2 is 2.22 bits per heavy atom. The summed E-state index contributed by atoms with van der Waals surface area (Å²) in [6.45, 7) is 2.90. The zero-order valence-electron chi connectivity index (χ0n) is 10.0. The Morgan fingerprint density at radius 1 is 1.39 bits per heavy atom. The van der Waals surface area contributed by atoms with Crippen LogP contribution < -0.4 is 0 Å². The molecule has 18 heavy (non-hydrogen) atoms. The van der Waals surface area contributed by atoms with Crippen LogP contribution in [0.5, 0.6) is 0 Å². The van der Waals surface area contributed by atoms with E-state index in [-0.39, 0.29) is 0 Å². The van der Waals surface area contributed by atoms with Gasteiger partial charge in [-0.15, -0.1) is 11.3 Å². The lowest BCUT2D eigenvalue weighted by Crippen LogP contribution is -2.01. The van der Waals surface area contributed by atoms with Crippen molar-refractivity contribution in [3.63, 3.8) is 0 Å². The highest BCUT2D eigenvalue weighted by atomic mass is 32.1. The van der Waals surface area contributed by atoms with Crippen LogP contribution in [0.4, 0.5) is 0 Å². The second kappa shape index (κ2) is 4.66. The van der Waals surface area contributed by atoms with Crippen LogP contribution in [0.15, 0.2) is 29.6 Å². The number of nitrogens with one attached hydrogen (secondary N) is 1. The van der Waals surface area contributed by atoms with E-state index in [0.717, 1.165) is 39.5 Å². The average Bonchev–Trinajstić information content (AvgIpc) is 2.90. The van der Waals surface area contributed by atoms with Crippen LogP contribution in [0.2, 0.25) is 0 Å². The lowest BCUT2D eigenvalue weighted by atomic mass is 10.3. The predicted molar refractivity (Wildman–Crippen MR) is 77.7 cm³/mol. The largest absolute Gasteiger partial charge is 0.331 e. The van der Waals surface area contributed by atoms with Crippen LogP contribution >= 0.6 is 23.6 Å². The van der Waals surface area contributed by atoms with Crippen molar-refractivity contribution in [2.75, 3.05) is 0 Å². The molecule has 5 heteroatoms. The second-order valence-electron chi connectivity index (χ2n) is 4.21. The van der Waals surface area contributed by atoms with Gasteiger partial charge in [0.25, 0.3) is 0 Å². The van der Waals surface area contributed by atoms with Gasteiger partial charge in [0.1, 0.15) is 0 Å². The molecule has 0 saturated heterocycles. The third-order valence-corrected chi connectivity index (χ3v) is 4.08. The maximum Gasteiger partial charge on any atom is 0.178 e. The lowest BCUT2D eigenvalue weighted by Gasteiger charge is -2.02. The quantitative estimate of drug-likeness (QED) is 0.739. The molecule has 2 heterocycles. The van der Waals surface area contributed by atoms with Crippen LogP contribution in [0.3, 0.4) is 0 Å². The average molecular weight is 275 g/mol. The van der Waals surface area contributed by atoms with Gasteiger partial charge in [-0.2, -0.15) is 0 Å². The Kier molecular flexibility index (Phi) is 3.01. The second-order valence-corrected chi connectivity index (χ2v) is 5.66. The van der Waals surface area contributed by atoms with E-state index in [1.54, 1.807) is 11.3 Å². The predicted octanol–water partition coefficient (Wildman–Crippen LogP) is 3.71. The molecule has 1 aromatic carbocycles. The number of benzene rings is 1. The minimum atomic E-state index is 0.781. The number of H-pyrrole nitrogens is 1. The fourth-order valence-corrected chi connectivity index (χ4v) is 3.02. The van der Waals surface area contributed by atoms with Gasteiger partial charge >= 0.3 is 0 Å². The highest BCUT2D eigenvalue weighted by Crippen LogP contribution is 2.15. The van der Waals surface area contributed by atoms with Gasteiger partial charge in [0, 0.05) is 18.3 Å². The molecule has 0 radical (unpaired) electrons. The fourth-order valence-electron chi connectivity index (χ4n) is 2.08. The first-order chi connectivity index (χ1) is 8.74. The third kappa shape index (κ3) is 2.11. The van der Waals surface area contributed by atoms with Crippen molar-refractivity contribution in [1.82, 2.24) is 14.5 Å². The topological polar surface area (TPSA) is 33.6 Å². The summed E-state index contributed by atoms with van der Waals surface area (Å²) in [7, 11) is 0. The van der Waals surface area contributed by atoms with Crippen molar-refractivity contribution in [3.8, 4) is 0 Å². The van der Waals surface area contributed by atoms with Gasteiger partial charge < -0.3 is 9.55 Å². The van der Waals surface area contributed by atoms with E-state index < -0.39 is 0 Å². The molecule has 3 aromatic rings. The number of hydrogen-bond donors (Lipinski definition) is 1. The van der Waals surface area contributed by atoms with Crippen molar-refractivity contribution >= 4 is 34.6 Å². The molecule has 0 aliphatic rings. The van der Waals surface area contributed by atoms with Crippen LogP contribution in [0, 0.1) is 11.7 Å². The van der Waals surface area contributed by atoms with Crippen LogP contribution in [0.1, 0.15) is 10.7 Å². The summed E-state index contributed by atoms with van der Waals surface area (Å²) in [6.07, 6.45) is 0.917. The van der Waals surface area contributed by atoms with Crippen LogP contribution in [-0.4, -0.2) is 14.5 Å². The molecule has 3 nitrogen and oxygen atoms in total. The highest BCUT2D eigenvalue weighted by molar-refractivity contribution is 7.71. The Balaban J connectivity index is 1.90. The van der Waals surface area contributed by atoms with Crippen molar-refractivity contribution < 1.29 is 0 Å². The Hall–Kier alpha value is -1.46. The molecule has 0 atom stereocenters. The zero-order chi connectivity index (χ0) is 12.5. The maximum atomic E-state index is 5.36. The van der Waals surface area contributed by atoms with Crippen molar-refractivity contribution in [3.05, 3.63) is 45.1 Å². The van der Waals surface area contributed by atoms with Gasteiger partial charge in [-0.1, -0.05) is 12.1 Å². The van der Waals surface area contributed by atoms with E-state index in [0.29, 0.717) is 0 Å². The standard InChI is InChI=1S/C13H13N3S2/c1-9-14-10(8-18-9)6-7-16-12-5-3-2-4-11(12)15-13(16)17/h2-5,8H,6-7H2,1H3,(H,15,17). The maximum absolute atomic E-state index is 5.36. The minimum absolute atomic E-state index is 0.781. The van der Waals surface area contributed by atoms with Crippen molar-refractivity contribution in [2.45, 2.75) is 19.9 Å². The van der Waals surface area contributed by atoms with Crippen LogP contribution in [0.25, 0.3) is 11.0 Å². The van der Waals surface area contributed by atoms with Gasteiger partial charge in [-0.25, -0.2) is 4.98 Å². The fraction of sp³-hybridized carbons (Fsp3) is 0.231. The monoisotopic (exact) mass is 275 g/mol. The first kappa shape index (κ1) is 11.6. The highest BCUT2D eigenvalue weighted by Gasteiger charge is 2.04. The summed E-state index contributed by atoms with van der Waals surface area (Å²) < 4.78 is 2.92. The molecule has 0 aliphatic heterocycles. The van der Waals surface area contributed by atoms with E-state index in [1.807, 2.05) is 19.1 Å². The molecule has 0 bridgehead atoms. The third-order valence-electron chi connectivity index (χ3n) is 2.94. The Labute approximate surface area is 114 Å². The molecule has 0 aliphatic carbocycles. The summed E-state index contributed by atoms with van der Waals surface area (Å²) in [6, 6.07) is 8.19. The molecular formula is C13H13N3S2. The number of aromatic nitrogens is 3. The molecule has 92 valence electrons. The summed E-state index contributed by atoms with van der Waals surface area (Å²) in [5, 5.41) is 3.24. The zero-order valence-corrected chi connectivity index (χ0v) is 11.6. The number of aryl methyl sites for hydroxylation is 3. The summed E-state index contributed by atoms with van der Waals surface area (Å²) in [4.78, 5) is 7.71. The summed E-state index contributed by atoms with van der Waals surface area (Å²) in [5.74, 6) is 0. The van der Waals surface area contributed by atoms with E-state index in [9.17, 15) is 0 Å². The SMILES string of the molecule is Cc1nc(CCn2c(=S)[nH]c3ccccc32)cs1. The van der Waals surface area contributed by atoms with Crippen LogP contribution in [-0.2, 0) is 13.0 Å². The molecule has 1 N–H and O–H groups in total. The summed E-state index contributed by atoms with van der Waals surface area (Å²) >= 11 is 7.06. The number of aromatic amines is 1. The molecule has 2 aromatic heterocycles. The molecule has 0 spiro atoms. The molecule has 0 unspecified atom stereocenters. The lowest BCUT2D eigenvalue weighted by molar-refractivity contribution is 0.697. The van der Waals surface area contributed by atoms with E-state index in [2.05, 4.69) is 32.0 Å². The number of hydrogen-bond acceptors (Lipinski definition) is 3. The van der Waals surface area contributed by atoms with E-state index in [4.69, 9.17) is 12.2 Å². The number of para-hydroxylation sites is 2. The van der Waals surface area contributed by atoms with Gasteiger partial charge in [0.15, 0.2) is 4.77 Å². The molecular weight excluding hydrogens is 262 g/mol. The Bertz CT molecular complexity index is 736. The molecule has 0 amide bonds. The summed E-state index contributed by atoms with van der Waals surface area (Å²) in [5.41, 5.74) is 3.40. The Morgan fingerprint density at radius 3 is 3.00 bits per heavy atom. The number of imidazole rings is 1. The number of thiazole rings is 1. The molecule has 0 fully saturated rings. The van der Waals surface area contributed by atoms with Gasteiger partial charge in [-0.3, -0.25) is 0 Å². The van der Waals surface area contributed by atoms with E-state index in [1.165, 1.54) is 0 Å². The van der Waals surface area contributed by atoms with Gasteiger partial charge in [0.2, 0.25) is 0 Å². The number of fused-ring (bicyclic) bond motifs is 1. The number of rotatable bonds is 3.